The van der Waals surface area contributed by atoms with Crippen LogP contribution in [0.25, 0.3) is 0 Å². The molecule has 3 rings (SSSR count). The van der Waals surface area contributed by atoms with Crippen molar-refractivity contribution in [2.75, 3.05) is 17.1 Å². The summed E-state index contributed by atoms with van der Waals surface area (Å²) in [4.78, 5) is 28.2. The highest BCUT2D eigenvalue weighted by atomic mass is 79.9. The predicted molar refractivity (Wildman–Crippen MR) is 157 cm³/mol. The molecular weight excluding hydrogens is 613 g/mol. The third-order valence-electron chi connectivity index (χ3n) is 6.69. The zero-order chi connectivity index (χ0) is 27.9. The summed E-state index contributed by atoms with van der Waals surface area (Å²) in [7, 11) is -3.68. The third kappa shape index (κ3) is 8.86. The number of nitrogens with zero attached hydrogens (tertiary/aromatic N) is 2. The van der Waals surface area contributed by atoms with Crippen molar-refractivity contribution in [3.8, 4) is 0 Å². The first-order valence-electron chi connectivity index (χ1n) is 12.7. The fraction of sp³-hybridized carbons (Fsp3) is 0.481. The van der Waals surface area contributed by atoms with Crippen molar-refractivity contribution in [2.24, 2.45) is 0 Å². The van der Waals surface area contributed by atoms with Crippen LogP contribution in [0, 0.1) is 0 Å². The normalized spacial score (nSPS) is 15.1. The molecule has 0 spiro atoms. The number of halogens is 3. The van der Waals surface area contributed by atoms with Gasteiger partial charge in [0.25, 0.3) is 0 Å². The van der Waals surface area contributed by atoms with Crippen LogP contribution in [0.15, 0.2) is 46.9 Å². The zero-order valence-electron chi connectivity index (χ0n) is 21.6. The number of rotatable bonds is 11. The summed E-state index contributed by atoms with van der Waals surface area (Å²) < 4.78 is 27.1. The Morgan fingerprint density at radius 1 is 1.11 bits per heavy atom. The lowest BCUT2D eigenvalue weighted by Gasteiger charge is -2.31. The number of sulfonamides is 1. The summed E-state index contributed by atoms with van der Waals surface area (Å²) >= 11 is 15.8. The second-order valence-corrected chi connectivity index (χ2v) is 13.4. The van der Waals surface area contributed by atoms with Crippen LogP contribution in [-0.2, 0) is 26.2 Å². The van der Waals surface area contributed by atoms with Gasteiger partial charge in [-0.05, 0) is 62.1 Å². The molecule has 0 saturated heterocycles. The first-order valence-corrected chi connectivity index (χ1v) is 16.1. The van der Waals surface area contributed by atoms with Crippen LogP contribution in [0.5, 0.6) is 0 Å². The minimum Gasteiger partial charge on any atom is -0.352 e. The summed E-state index contributed by atoms with van der Waals surface area (Å²) in [5.74, 6) is -0.411. The van der Waals surface area contributed by atoms with Crippen molar-refractivity contribution in [3.63, 3.8) is 0 Å². The topological polar surface area (TPSA) is 86.8 Å². The Hall–Kier alpha value is -1.81. The van der Waals surface area contributed by atoms with E-state index in [1.165, 1.54) is 18.6 Å². The predicted octanol–water partition coefficient (Wildman–Crippen LogP) is 6.17. The van der Waals surface area contributed by atoms with Crippen LogP contribution in [-0.4, -0.2) is 50.0 Å². The van der Waals surface area contributed by atoms with Gasteiger partial charge in [0.2, 0.25) is 21.8 Å². The number of hydrogen-bond donors (Lipinski definition) is 1. The van der Waals surface area contributed by atoms with E-state index >= 15 is 0 Å². The van der Waals surface area contributed by atoms with Crippen LogP contribution in [0.1, 0.15) is 57.4 Å². The lowest BCUT2D eigenvalue weighted by Crippen LogP contribution is -2.50. The van der Waals surface area contributed by atoms with Gasteiger partial charge < -0.3 is 10.2 Å². The average Bonchev–Trinajstić information content (AvgIpc) is 2.86. The van der Waals surface area contributed by atoms with Gasteiger partial charge in [0.15, 0.2) is 0 Å². The van der Waals surface area contributed by atoms with Gasteiger partial charge in [0, 0.05) is 35.0 Å². The minimum atomic E-state index is -3.68. The molecule has 11 heteroatoms. The van der Waals surface area contributed by atoms with E-state index in [1.807, 2.05) is 24.3 Å². The summed E-state index contributed by atoms with van der Waals surface area (Å²) in [5.41, 5.74) is 1.15. The number of anilines is 1. The molecule has 0 aromatic heterocycles. The van der Waals surface area contributed by atoms with Crippen molar-refractivity contribution in [1.29, 1.82) is 0 Å². The van der Waals surface area contributed by atoms with Crippen LogP contribution in [0.3, 0.4) is 0 Å². The molecule has 1 aliphatic carbocycles. The minimum absolute atomic E-state index is 0.0397. The summed E-state index contributed by atoms with van der Waals surface area (Å²) in [6.07, 6.45) is 6.64. The van der Waals surface area contributed by atoms with Crippen molar-refractivity contribution < 1.29 is 18.0 Å². The Morgan fingerprint density at radius 2 is 1.82 bits per heavy atom. The van der Waals surface area contributed by atoms with Gasteiger partial charge in [-0.3, -0.25) is 13.9 Å². The van der Waals surface area contributed by atoms with Crippen LogP contribution in [0.4, 0.5) is 5.69 Å². The Kier molecular flexibility index (Phi) is 11.3. The molecule has 0 unspecified atom stereocenters. The molecule has 2 aromatic rings. The first kappa shape index (κ1) is 30.7. The highest BCUT2D eigenvalue weighted by Gasteiger charge is 2.28. The zero-order valence-corrected chi connectivity index (χ0v) is 25.5. The van der Waals surface area contributed by atoms with Crippen LogP contribution < -0.4 is 9.62 Å². The molecule has 38 heavy (non-hydrogen) atoms. The first-order chi connectivity index (χ1) is 18.0. The monoisotopic (exact) mass is 645 g/mol. The molecule has 1 aliphatic rings. The number of carbonyl (C=O) groups excluding carboxylic acids is 2. The second-order valence-electron chi connectivity index (χ2n) is 9.71. The van der Waals surface area contributed by atoms with E-state index in [0.29, 0.717) is 5.02 Å². The molecule has 1 atom stereocenters. The molecule has 1 N–H and O–H groups in total. The molecule has 2 aromatic carbocycles. The summed E-state index contributed by atoms with van der Waals surface area (Å²) in [5, 5.41) is 3.72. The Bertz CT molecular complexity index is 1240. The third-order valence-corrected chi connectivity index (χ3v) is 8.92. The quantitative estimate of drug-likeness (QED) is 0.316. The fourth-order valence-corrected chi connectivity index (χ4v) is 6.49. The van der Waals surface area contributed by atoms with Gasteiger partial charge in [0.05, 0.1) is 17.0 Å². The van der Waals surface area contributed by atoms with E-state index in [9.17, 15) is 18.0 Å². The van der Waals surface area contributed by atoms with Crippen LogP contribution >= 0.6 is 39.1 Å². The van der Waals surface area contributed by atoms with Crippen LogP contribution in [0.2, 0.25) is 10.0 Å². The molecule has 0 aliphatic heterocycles. The van der Waals surface area contributed by atoms with E-state index < -0.39 is 16.1 Å². The maximum Gasteiger partial charge on any atom is 0.242 e. The smallest absolute Gasteiger partial charge is 0.242 e. The Balaban J connectivity index is 1.74. The number of benzene rings is 2. The highest BCUT2D eigenvalue weighted by molar-refractivity contribution is 9.10. The largest absolute Gasteiger partial charge is 0.352 e. The molecule has 2 amide bonds. The van der Waals surface area contributed by atoms with Crippen molar-refractivity contribution in [2.45, 2.75) is 70.5 Å². The van der Waals surface area contributed by atoms with Crippen molar-refractivity contribution >= 4 is 66.7 Å². The molecule has 0 bridgehead atoms. The van der Waals surface area contributed by atoms with Gasteiger partial charge >= 0.3 is 0 Å². The number of amides is 2. The molecule has 0 radical (unpaired) electrons. The summed E-state index contributed by atoms with van der Waals surface area (Å²) in [6, 6.07) is 11.7. The maximum absolute atomic E-state index is 13.5. The lowest BCUT2D eigenvalue weighted by atomic mass is 9.95. The van der Waals surface area contributed by atoms with E-state index in [-0.39, 0.29) is 54.5 Å². The Morgan fingerprint density at radius 3 is 2.47 bits per heavy atom. The van der Waals surface area contributed by atoms with E-state index in [4.69, 9.17) is 23.2 Å². The number of nitrogens with one attached hydrogen (secondary N) is 1. The Labute approximate surface area is 244 Å². The van der Waals surface area contributed by atoms with Crippen molar-refractivity contribution in [1.82, 2.24) is 10.2 Å². The fourth-order valence-electron chi connectivity index (χ4n) is 4.64. The van der Waals surface area contributed by atoms with E-state index in [0.717, 1.165) is 46.3 Å². The lowest BCUT2D eigenvalue weighted by molar-refractivity contribution is -0.141. The van der Waals surface area contributed by atoms with Gasteiger partial charge in [-0.1, -0.05) is 70.5 Å². The molecule has 0 heterocycles. The SMILES string of the molecule is C[C@@H](C(=O)NC1CCCCC1)N(Cc1cccc(Br)c1)C(=O)CCCN(c1cc(Cl)ccc1Cl)S(C)(=O)=O. The molecular formula is C27H34BrCl2N3O4S. The second kappa shape index (κ2) is 14.0. The molecule has 208 valence electrons. The highest BCUT2D eigenvalue weighted by Crippen LogP contribution is 2.31. The van der Waals surface area contributed by atoms with E-state index in [1.54, 1.807) is 17.9 Å². The molecule has 7 nitrogen and oxygen atoms in total. The van der Waals surface area contributed by atoms with Gasteiger partial charge in [0.1, 0.15) is 6.04 Å². The number of carbonyl (C=O) groups is 2. The number of hydrogen-bond acceptors (Lipinski definition) is 4. The van der Waals surface area contributed by atoms with Crippen molar-refractivity contribution in [3.05, 3.63) is 62.5 Å². The van der Waals surface area contributed by atoms with E-state index in [2.05, 4.69) is 21.2 Å². The van der Waals surface area contributed by atoms with Gasteiger partial charge in [-0.2, -0.15) is 0 Å². The van der Waals surface area contributed by atoms with Gasteiger partial charge in [-0.25, -0.2) is 8.42 Å². The molecule has 1 saturated carbocycles. The molecule has 1 fully saturated rings. The average molecular weight is 647 g/mol. The standard InChI is InChI=1S/C27H34BrCl2N3O4S/c1-19(27(35)31-23-10-4-3-5-11-23)32(18-20-8-6-9-21(28)16-20)26(34)12-7-15-33(38(2,36)37)25-17-22(29)13-14-24(25)30/h6,8-9,13-14,16-17,19,23H,3-5,7,10-12,15,18H2,1-2H3,(H,31,35)/t19-/m0/s1. The summed E-state index contributed by atoms with van der Waals surface area (Å²) in [6.45, 7) is 2.04. The maximum atomic E-state index is 13.5. The van der Waals surface area contributed by atoms with Gasteiger partial charge in [-0.15, -0.1) is 0 Å².